The Kier molecular flexibility index (Phi) is 4.67. The van der Waals surface area contributed by atoms with Gasteiger partial charge in [-0.15, -0.1) is 0 Å². The third-order valence-electron chi connectivity index (χ3n) is 4.10. The van der Waals surface area contributed by atoms with E-state index in [1.54, 1.807) is 0 Å². The van der Waals surface area contributed by atoms with Gasteiger partial charge in [-0.25, -0.2) is 14.1 Å². The average molecular weight is 352 g/mol. The summed E-state index contributed by atoms with van der Waals surface area (Å²) in [6.45, 7) is 4.13. The van der Waals surface area contributed by atoms with Crippen LogP contribution in [0.25, 0.3) is 6.08 Å². The number of halogens is 1. The molecule has 0 aliphatic carbocycles. The molecule has 1 aliphatic heterocycles. The zero-order chi connectivity index (χ0) is 18.8. The Bertz CT molecular complexity index is 900. The number of imide groups is 2. The number of hydrogen-bond acceptors (Lipinski definition) is 3. The highest BCUT2D eigenvalue weighted by Crippen LogP contribution is 2.23. The monoisotopic (exact) mass is 352 g/mol. The molecule has 1 N–H and O–H groups in total. The van der Waals surface area contributed by atoms with Crippen molar-refractivity contribution in [3.05, 3.63) is 71.0 Å². The molecule has 1 aliphatic rings. The normalized spacial score (nSPS) is 16.4. The van der Waals surface area contributed by atoms with Crippen LogP contribution in [0.5, 0.6) is 0 Å². The summed E-state index contributed by atoms with van der Waals surface area (Å²) in [6, 6.07) is 11.5. The summed E-state index contributed by atoms with van der Waals surface area (Å²) < 4.78 is 13.1. The Morgan fingerprint density at radius 1 is 0.962 bits per heavy atom. The van der Waals surface area contributed by atoms with Gasteiger partial charge in [-0.2, -0.15) is 0 Å². The largest absolute Gasteiger partial charge is 0.335 e. The molecule has 3 rings (SSSR count). The quantitative estimate of drug-likeness (QED) is 0.678. The number of rotatable bonds is 3. The first-order chi connectivity index (χ1) is 12.4. The molecular formula is C20H17FN2O3. The second kappa shape index (κ2) is 6.92. The van der Waals surface area contributed by atoms with Crippen molar-refractivity contribution in [2.45, 2.75) is 19.8 Å². The fraction of sp³-hybridized carbons (Fsp3) is 0.150. The first kappa shape index (κ1) is 17.5. The minimum atomic E-state index is -0.862. The molecule has 0 aromatic heterocycles. The van der Waals surface area contributed by atoms with E-state index in [1.165, 1.54) is 18.2 Å². The van der Waals surface area contributed by atoms with E-state index in [9.17, 15) is 18.8 Å². The predicted octanol–water partition coefficient (Wildman–Crippen LogP) is 3.62. The van der Waals surface area contributed by atoms with E-state index in [0.29, 0.717) is 11.5 Å². The molecule has 0 unspecified atom stereocenters. The van der Waals surface area contributed by atoms with Crippen LogP contribution >= 0.6 is 0 Å². The second-order valence-corrected chi connectivity index (χ2v) is 6.26. The zero-order valence-corrected chi connectivity index (χ0v) is 14.3. The van der Waals surface area contributed by atoms with Gasteiger partial charge < -0.3 is 0 Å². The molecule has 1 heterocycles. The molecule has 0 bridgehead atoms. The number of hydrogen-bond donors (Lipinski definition) is 1. The molecule has 0 spiro atoms. The van der Waals surface area contributed by atoms with Crippen LogP contribution < -0.4 is 10.2 Å². The van der Waals surface area contributed by atoms with E-state index in [1.807, 2.05) is 24.3 Å². The summed E-state index contributed by atoms with van der Waals surface area (Å²) in [5.74, 6) is -1.64. The summed E-state index contributed by atoms with van der Waals surface area (Å²) in [5.41, 5.74) is 1.82. The Balaban J connectivity index is 1.95. The van der Waals surface area contributed by atoms with Crippen molar-refractivity contribution in [1.29, 1.82) is 0 Å². The van der Waals surface area contributed by atoms with Gasteiger partial charge in [-0.3, -0.25) is 14.9 Å². The van der Waals surface area contributed by atoms with Crippen LogP contribution in [0.3, 0.4) is 0 Å². The van der Waals surface area contributed by atoms with Gasteiger partial charge >= 0.3 is 6.03 Å². The highest BCUT2D eigenvalue weighted by molar-refractivity contribution is 6.39. The molecule has 26 heavy (non-hydrogen) atoms. The molecule has 0 saturated carbocycles. The molecule has 4 amide bonds. The maximum absolute atomic E-state index is 13.1. The topological polar surface area (TPSA) is 66.5 Å². The number of urea groups is 1. The van der Waals surface area contributed by atoms with Crippen LogP contribution in [0.15, 0.2) is 54.1 Å². The molecular weight excluding hydrogens is 335 g/mol. The van der Waals surface area contributed by atoms with E-state index in [4.69, 9.17) is 0 Å². The maximum atomic E-state index is 13.1. The predicted molar refractivity (Wildman–Crippen MR) is 95.9 cm³/mol. The van der Waals surface area contributed by atoms with Crippen molar-refractivity contribution in [3.8, 4) is 0 Å². The van der Waals surface area contributed by atoms with Gasteiger partial charge in [0, 0.05) is 0 Å². The standard InChI is InChI=1S/C20H17FN2O3/c1-12(2)14-5-3-13(4-6-14)11-17-18(24)22-20(26)23(19(17)25)16-9-7-15(21)8-10-16/h3-12H,1-2H3,(H,22,24,26). The van der Waals surface area contributed by atoms with Crippen molar-refractivity contribution >= 4 is 29.6 Å². The van der Waals surface area contributed by atoms with Crippen LogP contribution in [-0.4, -0.2) is 17.8 Å². The molecule has 6 heteroatoms. The van der Waals surface area contributed by atoms with Gasteiger partial charge in [0.05, 0.1) is 5.69 Å². The van der Waals surface area contributed by atoms with E-state index in [-0.39, 0.29) is 11.3 Å². The van der Waals surface area contributed by atoms with Crippen molar-refractivity contribution in [1.82, 2.24) is 5.32 Å². The van der Waals surface area contributed by atoms with E-state index >= 15 is 0 Å². The summed E-state index contributed by atoms with van der Waals surface area (Å²) >= 11 is 0. The smallest absolute Gasteiger partial charge is 0.273 e. The fourth-order valence-corrected chi connectivity index (χ4v) is 2.63. The van der Waals surface area contributed by atoms with Crippen molar-refractivity contribution in [2.75, 3.05) is 4.90 Å². The molecule has 0 atom stereocenters. The van der Waals surface area contributed by atoms with E-state index in [2.05, 4.69) is 19.2 Å². The Morgan fingerprint density at radius 3 is 2.15 bits per heavy atom. The van der Waals surface area contributed by atoms with Gasteiger partial charge in [0.25, 0.3) is 11.8 Å². The third kappa shape index (κ3) is 3.39. The molecule has 5 nitrogen and oxygen atoms in total. The van der Waals surface area contributed by atoms with Crippen LogP contribution in [0.1, 0.15) is 30.9 Å². The van der Waals surface area contributed by atoms with Gasteiger partial charge in [0.2, 0.25) is 0 Å². The Morgan fingerprint density at radius 2 is 1.58 bits per heavy atom. The van der Waals surface area contributed by atoms with Crippen LogP contribution in [0, 0.1) is 5.82 Å². The highest BCUT2D eigenvalue weighted by atomic mass is 19.1. The number of nitrogens with one attached hydrogen (secondary N) is 1. The summed E-state index contributed by atoms with van der Waals surface area (Å²) in [7, 11) is 0. The summed E-state index contributed by atoms with van der Waals surface area (Å²) in [6.07, 6.45) is 1.44. The molecule has 132 valence electrons. The molecule has 2 aromatic rings. The van der Waals surface area contributed by atoms with Gasteiger partial charge in [0.15, 0.2) is 0 Å². The van der Waals surface area contributed by atoms with E-state index in [0.717, 1.165) is 22.6 Å². The molecule has 2 aromatic carbocycles. The summed E-state index contributed by atoms with van der Waals surface area (Å²) in [4.78, 5) is 37.7. The first-order valence-corrected chi connectivity index (χ1v) is 8.14. The third-order valence-corrected chi connectivity index (χ3v) is 4.10. The van der Waals surface area contributed by atoms with Gasteiger partial charge in [0.1, 0.15) is 11.4 Å². The Hall–Kier alpha value is -3.28. The molecule has 1 fully saturated rings. The van der Waals surface area contributed by atoms with Crippen LogP contribution in [-0.2, 0) is 9.59 Å². The fourth-order valence-electron chi connectivity index (χ4n) is 2.63. The van der Waals surface area contributed by atoms with Crippen LogP contribution in [0.2, 0.25) is 0 Å². The maximum Gasteiger partial charge on any atom is 0.335 e. The van der Waals surface area contributed by atoms with Crippen molar-refractivity contribution in [2.24, 2.45) is 0 Å². The molecule has 0 radical (unpaired) electrons. The minimum Gasteiger partial charge on any atom is -0.273 e. The Labute approximate surface area is 150 Å². The highest BCUT2D eigenvalue weighted by Gasteiger charge is 2.36. The van der Waals surface area contributed by atoms with E-state index < -0.39 is 23.7 Å². The number of amides is 4. The number of carbonyl (C=O) groups excluding carboxylic acids is 3. The minimum absolute atomic E-state index is 0.161. The first-order valence-electron chi connectivity index (χ1n) is 8.14. The number of anilines is 1. The van der Waals surface area contributed by atoms with Crippen molar-refractivity contribution < 1.29 is 18.8 Å². The molecule has 1 saturated heterocycles. The van der Waals surface area contributed by atoms with Crippen LogP contribution in [0.4, 0.5) is 14.9 Å². The van der Waals surface area contributed by atoms with Crippen molar-refractivity contribution in [3.63, 3.8) is 0 Å². The number of nitrogens with zero attached hydrogens (tertiary/aromatic N) is 1. The lowest BCUT2D eigenvalue weighted by Gasteiger charge is -2.26. The SMILES string of the molecule is CC(C)c1ccc(C=C2C(=O)NC(=O)N(c3ccc(F)cc3)C2=O)cc1. The lowest BCUT2D eigenvalue weighted by Crippen LogP contribution is -2.54. The second-order valence-electron chi connectivity index (χ2n) is 6.26. The van der Waals surface area contributed by atoms with Gasteiger partial charge in [-0.1, -0.05) is 38.1 Å². The average Bonchev–Trinajstić information content (AvgIpc) is 2.60. The van der Waals surface area contributed by atoms with Gasteiger partial charge in [-0.05, 0) is 47.4 Å². The summed E-state index contributed by atoms with van der Waals surface area (Å²) in [5, 5.41) is 2.14. The number of carbonyl (C=O) groups is 3. The lowest BCUT2D eigenvalue weighted by molar-refractivity contribution is -0.122. The number of benzene rings is 2. The zero-order valence-electron chi connectivity index (χ0n) is 14.3. The number of barbiturate groups is 1. The lowest BCUT2D eigenvalue weighted by atomic mass is 10.0.